The van der Waals surface area contributed by atoms with Crippen LogP contribution in [-0.4, -0.2) is 36.7 Å². The lowest BCUT2D eigenvalue weighted by molar-refractivity contribution is -0.141. The van der Waals surface area contributed by atoms with Crippen LogP contribution in [0.4, 0.5) is 4.79 Å². The average Bonchev–Trinajstić information content (AvgIpc) is 2.45. The first-order valence-corrected chi connectivity index (χ1v) is 8.21. The Morgan fingerprint density at radius 3 is 2.48 bits per heavy atom. The van der Waals surface area contributed by atoms with E-state index < -0.39 is 11.7 Å². The van der Waals surface area contributed by atoms with Crippen LogP contribution in [0.2, 0.25) is 0 Å². The van der Waals surface area contributed by atoms with Crippen LogP contribution in [0.1, 0.15) is 45.2 Å². The predicted octanol–water partition coefficient (Wildman–Crippen LogP) is 4.31. The fourth-order valence-corrected chi connectivity index (χ4v) is 2.53. The highest BCUT2D eigenvalue weighted by molar-refractivity contribution is 9.10. The zero-order chi connectivity index (χ0) is 17.6. The van der Waals surface area contributed by atoms with Gasteiger partial charge in [0, 0.05) is 17.9 Å². The van der Waals surface area contributed by atoms with E-state index in [4.69, 9.17) is 9.47 Å². The number of carbonyl (C=O) groups excluding carboxylic acids is 2. The summed E-state index contributed by atoms with van der Waals surface area (Å²) >= 11 is 3.43. The van der Waals surface area contributed by atoms with Gasteiger partial charge >= 0.3 is 12.1 Å². The van der Waals surface area contributed by atoms with E-state index in [0.717, 1.165) is 10.0 Å². The van der Waals surface area contributed by atoms with Crippen LogP contribution in [0.3, 0.4) is 0 Å². The Balaban J connectivity index is 2.98. The molecule has 128 valence electrons. The van der Waals surface area contributed by atoms with Gasteiger partial charge in [0.05, 0.1) is 13.2 Å². The van der Waals surface area contributed by atoms with Crippen LogP contribution in [0.15, 0.2) is 28.7 Å². The van der Waals surface area contributed by atoms with Crippen LogP contribution < -0.4 is 0 Å². The van der Waals surface area contributed by atoms with Crippen LogP contribution >= 0.6 is 15.9 Å². The zero-order valence-corrected chi connectivity index (χ0v) is 15.8. The second-order valence-corrected chi connectivity index (χ2v) is 7.19. The van der Waals surface area contributed by atoms with Gasteiger partial charge in [-0.15, -0.1) is 0 Å². The summed E-state index contributed by atoms with van der Waals surface area (Å²) in [4.78, 5) is 25.3. The third kappa shape index (κ3) is 6.60. The van der Waals surface area contributed by atoms with Crippen molar-refractivity contribution in [2.24, 2.45) is 0 Å². The molecular formula is C17H24BrNO4. The molecular weight excluding hydrogens is 362 g/mol. The Labute approximate surface area is 146 Å². The molecule has 23 heavy (non-hydrogen) atoms. The standard InChI is InChI=1S/C17H24BrNO4/c1-17(2,3)23-16(21)19(4)14(9-10-15(20)22-5)12-7-6-8-13(18)11-12/h6-8,11,14H,9-10H2,1-5H3. The SMILES string of the molecule is COC(=O)CCC(c1cccc(Br)c1)N(C)C(=O)OC(C)(C)C. The van der Waals surface area contributed by atoms with Crippen molar-refractivity contribution >= 4 is 28.0 Å². The number of hydrogen-bond acceptors (Lipinski definition) is 4. The van der Waals surface area contributed by atoms with Crippen molar-refractivity contribution < 1.29 is 19.1 Å². The lowest BCUT2D eigenvalue weighted by Gasteiger charge is -2.31. The summed E-state index contributed by atoms with van der Waals surface area (Å²) < 4.78 is 11.0. The summed E-state index contributed by atoms with van der Waals surface area (Å²) in [6.07, 6.45) is 0.256. The van der Waals surface area contributed by atoms with Crippen molar-refractivity contribution in [2.45, 2.75) is 45.3 Å². The minimum Gasteiger partial charge on any atom is -0.469 e. The summed E-state index contributed by atoms with van der Waals surface area (Å²) in [7, 11) is 3.03. The van der Waals surface area contributed by atoms with Gasteiger partial charge in [0.2, 0.25) is 0 Å². The maximum Gasteiger partial charge on any atom is 0.410 e. The number of rotatable bonds is 5. The lowest BCUT2D eigenvalue weighted by Crippen LogP contribution is -2.37. The molecule has 1 unspecified atom stereocenters. The number of carbonyl (C=O) groups is 2. The second kappa shape index (κ2) is 8.34. The van der Waals surface area contributed by atoms with Crippen molar-refractivity contribution in [3.05, 3.63) is 34.3 Å². The highest BCUT2D eigenvalue weighted by atomic mass is 79.9. The molecule has 0 aromatic heterocycles. The molecule has 0 spiro atoms. The largest absolute Gasteiger partial charge is 0.469 e. The van der Waals surface area contributed by atoms with E-state index in [1.54, 1.807) is 7.05 Å². The fraction of sp³-hybridized carbons (Fsp3) is 0.529. The monoisotopic (exact) mass is 385 g/mol. The quantitative estimate of drug-likeness (QED) is 0.708. The van der Waals surface area contributed by atoms with Crippen molar-refractivity contribution in [2.75, 3.05) is 14.2 Å². The Hall–Kier alpha value is -1.56. The number of halogens is 1. The molecule has 0 fully saturated rings. The second-order valence-electron chi connectivity index (χ2n) is 6.28. The molecule has 0 saturated carbocycles. The van der Waals surface area contributed by atoms with Gasteiger partial charge < -0.3 is 14.4 Å². The molecule has 6 heteroatoms. The first-order chi connectivity index (χ1) is 10.6. The molecule has 5 nitrogen and oxygen atoms in total. The normalized spacial score (nSPS) is 12.4. The minimum atomic E-state index is -0.574. The van der Waals surface area contributed by atoms with Gasteiger partial charge in [-0.25, -0.2) is 4.79 Å². The molecule has 1 aromatic rings. The predicted molar refractivity (Wildman–Crippen MR) is 92.1 cm³/mol. The topological polar surface area (TPSA) is 55.8 Å². The number of methoxy groups -OCH3 is 1. The summed E-state index contributed by atoms with van der Waals surface area (Å²) in [5.74, 6) is -0.303. The molecule has 1 amide bonds. The molecule has 0 saturated heterocycles. The molecule has 1 atom stereocenters. The van der Waals surface area contributed by atoms with Gasteiger partial charge in [0.15, 0.2) is 0 Å². The van der Waals surface area contributed by atoms with Crippen molar-refractivity contribution in [3.63, 3.8) is 0 Å². The van der Waals surface area contributed by atoms with Crippen LogP contribution in [-0.2, 0) is 14.3 Å². The Morgan fingerprint density at radius 2 is 1.96 bits per heavy atom. The minimum absolute atomic E-state index is 0.223. The molecule has 0 heterocycles. The maximum atomic E-state index is 12.3. The summed E-state index contributed by atoms with van der Waals surface area (Å²) in [6, 6.07) is 7.39. The molecule has 0 aliphatic heterocycles. The maximum absolute atomic E-state index is 12.3. The molecule has 1 rings (SSSR count). The van der Waals surface area contributed by atoms with Gasteiger partial charge in [0.1, 0.15) is 5.60 Å². The van der Waals surface area contributed by atoms with Gasteiger partial charge in [0.25, 0.3) is 0 Å². The first kappa shape index (κ1) is 19.5. The summed E-state index contributed by atoms with van der Waals surface area (Å²) in [6.45, 7) is 5.46. The molecule has 0 N–H and O–H groups in total. The third-order valence-corrected chi connectivity index (χ3v) is 3.73. The van der Waals surface area contributed by atoms with E-state index >= 15 is 0 Å². The van der Waals surface area contributed by atoms with Crippen LogP contribution in [0.25, 0.3) is 0 Å². The number of ether oxygens (including phenoxy) is 2. The van der Waals surface area contributed by atoms with Gasteiger partial charge in [-0.1, -0.05) is 28.1 Å². The third-order valence-electron chi connectivity index (χ3n) is 3.23. The Morgan fingerprint density at radius 1 is 1.30 bits per heavy atom. The molecule has 0 bridgehead atoms. The average molecular weight is 386 g/mol. The zero-order valence-electron chi connectivity index (χ0n) is 14.3. The molecule has 0 aliphatic rings. The van der Waals surface area contributed by atoms with E-state index in [9.17, 15) is 9.59 Å². The number of esters is 1. The number of hydrogen-bond donors (Lipinski definition) is 0. The summed E-state index contributed by atoms with van der Waals surface area (Å²) in [5, 5.41) is 0. The molecule has 1 aromatic carbocycles. The highest BCUT2D eigenvalue weighted by Gasteiger charge is 2.27. The van der Waals surface area contributed by atoms with Crippen molar-refractivity contribution in [3.8, 4) is 0 Å². The lowest BCUT2D eigenvalue weighted by atomic mass is 10.0. The van der Waals surface area contributed by atoms with E-state index in [1.807, 2.05) is 45.0 Å². The smallest absolute Gasteiger partial charge is 0.410 e. The molecule has 0 radical (unpaired) electrons. The van der Waals surface area contributed by atoms with E-state index in [1.165, 1.54) is 12.0 Å². The van der Waals surface area contributed by atoms with Gasteiger partial charge in [-0.05, 0) is 44.9 Å². The van der Waals surface area contributed by atoms with Gasteiger partial charge in [-0.3, -0.25) is 4.79 Å². The number of nitrogens with zero attached hydrogens (tertiary/aromatic N) is 1. The van der Waals surface area contributed by atoms with Gasteiger partial charge in [-0.2, -0.15) is 0 Å². The van der Waals surface area contributed by atoms with Crippen LogP contribution in [0, 0.1) is 0 Å². The van der Waals surface area contributed by atoms with Crippen molar-refractivity contribution in [1.29, 1.82) is 0 Å². The van der Waals surface area contributed by atoms with E-state index in [0.29, 0.717) is 6.42 Å². The highest BCUT2D eigenvalue weighted by Crippen LogP contribution is 2.28. The Bertz CT molecular complexity index is 554. The van der Waals surface area contributed by atoms with E-state index in [-0.39, 0.29) is 18.4 Å². The van der Waals surface area contributed by atoms with Crippen LogP contribution in [0.5, 0.6) is 0 Å². The van der Waals surface area contributed by atoms with E-state index in [2.05, 4.69) is 15.9 Å². The van der Waals surface area contributed by atoms with Crippen molar-refractivity contribution in [1.82, 2.24) is 4.90 Å². The fourth-order valence-electron chi connectivity index (χ4n) is 2.12. The Kier molecular flexibility index (Phi) is 7.06. The molecule has 0 aliphatic carbocycles. The number of benzene rings is 1. The first-order valence-electron chi connectivity index (χ1n) is 7.42. The number of amides is 1. The summed E-state index contributed by atoms with van der Waals surface area (Å²) in [5.41, 5.74) is 0.354.